The van der Waals surface area contributed by atoms with Crippen molar-refractivity contribution >= 4 is 27.2 Å². The van der Waals surface area contributed by atoms with Crippen molar-refractivity contribution in [1.29, 1.82) is 0 Å². The number of rotatable bonds is 0. The van der Waals surface area contributed by atoms with Gasteiger partial charge in [-0.15, -0.1) is 0 Å². The van der Waals surface area contributed by atoms with Crippen LogP contribution in [0.1, 0.15) is 27.8 Å². The van der Waals surface area contributed by atoms with Gasteiger partial charge in [0, 0.05) is 27.9 Å². The van der Waals surface area contributed by atoms with E-state index in [4.69, 9.17) is 5.73 Å². The van der Waals surface area contributed by atoms with Gasteiger partial charge >= 0.3 is 0 Å². The number of aryl methyl sites for hydroxylation is 1. The highest BCUT2D eigenvalue weighted by Crippen LogP contribution is 2.19. The van der Waals surface area contributed by atoms with Gasteiger partial charge in [-0.25, -0.2) is 0 Å². The van der Waals surface area contributed by atoms with Crippen molar-refractivity contribution in [3.63, 3.8) is 0 Å². The molecular weight excluding hydrogens is 386 g/mol. The number of anilines is 1. The topological polar surface area (TPSA) is 26.0 Å². The molecule has 0 spiro atoms. The molecule has 0 saturated carbocycles. The maximum Gasteiger partial charge on any atom is 0.0314 e. The monoisotopic (exact) mass is 407 g/mol. The first kappa shape index (κ1) is 19.5. The standard InChI is InChI=1S/C31H21N/c1-22-2-12-28-19-25(7-13-27(28)18-22)5-6-26-9-15-29-20-24(8-14-30(29)21-26)4-3-23-10-16-31(32)17-11-23/h2,7-21H,32H2,1H3. The van der Waals surface area contributed by atoms with Crippen molar-refractivity contribution in [3.8, 4) is 23.7 Å². The molecule has 0 unspecified atom stereocenters. The molecular formula is C31H21N. The SMILES string of the molecule is Cc1ccc2cc(C#Cc3ccc4cc(C#Cc5ccc(N)cc5)ccc4c3)ccc2c1. The van der Waals surface area contributed by atoms with E-state index in [1.165, 1.54) is 16.3 Å². The van der Waals surface area contributed by atoms with Crippen molar-refractivity contribution in [3.05, 3.63) is 125 Å². The summed E-state index contributed by atoms with van der Waals surface area (Å²) in [5, 5.41) is 4.77. The summed E-state index contributed by atoms with van der Waals surface area (Å²) in [5.74, 6) is 13.0. The zero-order valence-corrected chi connectivity index (χ0v) is 17.8. The first-order valence-corrected chi connectivity index (χ1v) is 10.6. The highest BCUT2D eigenvalue weighted by Gasteiger charge is 1.98. The third-order valence-electron chi connectivity index (χ3n) is 5.45. The molecule has 0 heterocycles. The molecule has 5 aromatic rings. The molecule has 0 aliphatic rings. The lowest BCUT2D eigenvalue weighted by molar-refractivity contribution is 1.50. The van der Waals surface area contributed by atoms with Gasteiger partial charge in [0.2, 0.25) is 0 Å². The molecule has 2 N–H and O–H groups in total. The van der Waals surface area contributed by atoms with E-state index in [0.29, 0.717) is 0 Å². The smallest absolute Gasteiger partial charge is 0.0314 e. The summed E-state index contributed by atoms with van der Waals surface area (Å²) in [6, 6.07) is 33.0. The predicted octanol–water partition coefficient (Wildman–Crippen LogP) is 6.68. The summed E-state index contributed by atoms with van der Waals surface area (Å²) < 4.78 is 0. The summed E-state index contributed by atoms with van der Waals surface area (Å²) in [4.78, 5) is 0. The highest BCUT2D eigenvalue weighted by atomic mass is 14.5. The van der Waals surface area contributed by atoms with E-state index < -0.39 is 0 Å². The van der Waals surface area contributed by atoms with Gasteiger partial charge in [0.05, 0.1) is 0 Å². The molecule has 0 aliphatic carbocycles. The van der Waals surface area contributed by atoms with Gasteiger partial charge in [0.1, 0.15) is 0 Å². The second-order valence-corrected chi connectivity index (χ2v) is 7.96. The Bertz CT molecular complexity index is 1580. The van der Waals surface area contributed by atoms with Crippen LogP contribution in [0.25, 0.3) is 21.5 Å². The van der Waals surface area contributed by atoms with Crippen molar-refractivity contribution in [1.82, 2.24) is 0 Å². The third-order valence-corrected chi connectivity index (χ3v) is 5.45. The average molecular weight is 408 g/mol. The minimum absolute atomic E-state index is 0.746. The molecule has 0 aromatic heterocycles. The number of benzene rings is 5. The van der Waals surface area contributed by atoms with E-state index in [0.717, 1.165) is 38.7 Å². The number of hydrogen-bond donors (Lipinski definition) is 1. The minimum atomic E-state index is 0.746. The van der Waals surface area contributed by atoms with Crippen LogP contribution in [-0.4, -0.2) is 0 Å². The molecule has 0 saturated heterocycles. The van der Waals surface area contributed by atoms with Gasteiger partial charge in [-0.05, 0) is 89.1 Å². The van der Waals surface area contributed by atoms with Crippen LogP contribution in [0.15, 0.2) is 97.1 Å². The lowest BCUT2D eigenvalue weighted by Crippen LogP contribution is -1.83. The fourth-order valence-electron chi connectivity index (χ4n) is 3.70. The highest BCUT2D eigenvalue weighted by molar-refractivity contribution is 5.86. The van der Waals surface area contributed by atoms with E-state index in [1.54, 1.807) is 0 Å². The predicted molar refractivity (Wildman–Crippen MR) is 135 cm³/mol. The fourth-order valence-corrected chi connectivity index (χ4v) is 3.70. The van der Waals surface area contributed by atoms with Gasteiger partial charge in [0.15, 0.2) is 0 Å². The molecule has 150 valence electrons. The second kappa shape index (κ2) is 8.35. The Morgan fingerprint density at radius 2 is 0.812 bits per heavy atom. The first-order valence-electron chi connectivity index (χ1n) is 10.6. The second-order valence-electron chi connectivity index (χ2n) is 7.96. The zero-order valence-electron chi connectivity index (χ0n) is 17.8. The van der Waals surface area contributed by atoms with E-state index in [2.05, 4.69) is 103 Å². The molecule has 0 fully saturated rings. The number of fused-ring (bicyclic) bond motifs is 2. The number of hydrogen-bond acceptors (Lipinski definition) is 1. The fraction of sp³-hybridized carbons (Fsp3) is 0.0323. The lowest BCUT2D eigenvalue weighted by Gasteiger charge is -2.01. The summed E-state index contributed by atoms with van der Waals surface area (Å²) >= 11 is 0. The molecule has 0 bridgehead atoms. The van der Waals surface area contributed by atoms with Gasteiger partial charge < -0.3 is 5.73 Å². The Morgan fingerprint density at radius 1 is 0.438 bits per heavy atom. The summed E-state index contributed by atoms with van der Waals surface area (Å²) in [6.45, 7) is 2.11. The zero-order chi connectivity index (χ0) is 21.9. The molecule has 1 heteroatoms. The summed E-state index contributed by atoms with van der Waals surface area (Å²) in [6.07, 6.45) is 0. The Kier molecular flexibility index (Phi) is 5.09. The van der Waals surface area contributed by atoms with Crippen molar-refractivity contribution in [2.75, 3.05) is 5.73 Å². The summed E-state index contributed by atoms with van der Waals surface area (Å²) in [7, 11) is 0. The van der Waals surface area contributed by atoms with Crippen molar-refractivity contribution in [2.45, 2.75) is 6.92 Å². The molecule has 5 rings (SSSR count). The molecule has 5 aromatic carbocycles. The molecule has 1 nitrogen and oxygen atoms in total. The average Bonchev–Trinajstić information content (AvgIpc) is 2.82. The Morgan fingerprint density at radius 3 is 1.31 bits per heavy atom. The van der Waals surface area contributed by atoms with Crippen LogP contribution in [0.2, 0.25) is 0 Å². The van der Waals surface area contributed by atoms with Gasteiger partial charge in [0.25, 0.3) is 0 Å². The molecule has 0 atom stereocenters. The first-order chi connectivity index (χ1) is 15.6. The van der Waals surface area contributed by atoms with Crippen LogP contribution in [0.5, 0.6) is 0 Å². The minimum Gasteiger partial charge on any atom is -0.399 e. The van der Waals surface area contributed by atoms with E-state index in [1.807, 2.05) is 24.3 Å². The molecule has 0 aliphatic heterocycles. The molecule has 32 heavy (non-hydrogen) atoms. The van der Waals surface area contributed by atoms with Crippen LogP contribution in [0, 0.1) is 30.6 Å². The van der Waals surface area contributed by atoms with E-state index in [-0.39, 0.29) is 0 Å². The Balaban J connectivity index is 1.39. The van der Waals surface area contributed by atoms with Crippen molar-refractivity contribution in [2.24, 2.45) is 0 Å². The lowest BCUT2D eigenvalue weighted by atomic mass is 10.0. The van der Waals surface area contributed by atoms with Crippen LogP contribution in [0.3, 0.4) is 0 Å². The van der Waals surface area contributed by atoms with E-state index >= 15 is 0 Å². The summed E-state index contributed by atoms with van der Waals surface area (Å²) in [5.41, 5.74) is 11.7. The molecule has 0 radical (unpaired) electrons. The quantitative estimate of drug-likeness (QED) is 0.225. The third kappa shape index (κ3) is 4.34. The van der Waals surface area contributed by atoms with Gasteiger partial charge in [-0.3, -0.25) is 0 Å². The van der Waals surface area contributed by atoms with Crippen molar-refractivity contribution < 1.29 is 0 Å². The Labute approximate surface area is 188 Å². The number of nitrogen functional groups attached to an aromatic ring is 1. The van der Waals surface area contributed by atoms with Crippen LogP contribution in [0.4, 0.5) is 5.69 Å². The van der Waals surface area contributed by atoms with Crippen LogP contribution < -0.4 is 5.73 Å². The Hall–Kier alpha value is -4.46. The maximum absolute atomic E-state index is 5.73. The largest absolute Gasteiger partial charge is 0.399 e. The maximum atomic E-state index is 5.73. The molecule has 0 amide bonds. The number of nitrogens with two attached hydrogens (primary N) is 1. The normalized spacial score (nSPS) is 10.3. The van der Waals surface area contributed by atoms with Crippen LogP contribution >= 0.6 is 0 Å². The van der Waals surface area contributed by atoms with E-state index in [9.17, 15) is 0 Å². The van der Waals surface area contributed by atoms with Crippen LogP contribution in [-0.2, 0) is 0 Å². The van der Waals surface area contributed by atoms with Gasteiger partial charge in [-0.1, -0.05) is 65.6 Å². The van der Waals surface area contributed by atoms with Gasteiger partial charge in [-0.2, -0.15) is 0 Å².